The third-order valence-electron chi connectivity index (χ3n) is 2.69. The normalized spacial score (nSPS) is 12.1. The largest absolute Gasteiger partial charge is 0.254 e. The summed E-state index contributed by atoms with van der Waals surface area (Å²) in [5.41, 5.74) is 1.27. The Kier molecular flexibility index (Phi) is 4.71. The SMILES string of the molecule is Cc1nc(Cl)sc1S(=O)(=O)N(C)Cc1ccc(Cl)cc1. The minimum atomic E-state index is -3.59. The molecule has 0 aliphatic heterocycles. The number of rotatable bonds is 4. The zero-order chi connectivity index (χ0) is 14.9. The van der Waals surface area contributed by atoms with E-state index in [-0.39, 0.29) is 15.2 Å². The molecule has 0 atom stereocenters. The molecule has 2 rings (SSSR count). The average molecular weight is 351 g/mol. The third-order valence-corrected chi connectivity index (χ3v) is 6.60. The predicted octanol–water partition coefficient (Wildman–Crippen LogP) is 3.58. The number of aromatic nitrogens is 1. The molecule has 0 N–H and O–H groups in total. The monoisotopic (exact) mass is 350 g/mol. The van der Waals surface area contributed by atoms with E-state index in [0.29, 0.717) is 10.7 Å². The Morgan fingerprint density at radius 2 is 1.85 bits per heavy atom. The molecular weight excluding hydrogens is 339 g/mol. The first-order valence-electron chi connectivity index (χ1n) is 5.64. The van der Waals surface area contributed by atoms with Gasteiger partial charge in [-0.15, -0.1) is 0 Å². The van der Waals surface area contributed by atoms with Crippen LogP contribution in [-0.2, 0) is 16.6 Å². The van der Waals surface area contributed by atoms with Crippen LogP contribution in [0, 0.1) is 6.92 Å². The van der Waals surface area contributed by atoms with Crippen LogP contribution in [0.1, 0.15) is 11.3 Å². The van der Waals surface area contributed by atoms with Gasteiger partial charge in [0.25, 0.3) is 10.0 Å². The maximum absolute atomic E-state index is 12.4. The van der Waals surface area contributed by atoms with Crippen molar-refractivity contribution in [2.75, 3.05) is 7.05 Å². The van der Waals surface area contributed by atoms with Crippen LogP contribution in [0.5, 0.6) is 0 Å². The first kappa shape index (κ1) is 15.7. The van der Waals surface area contributed by atoms with E-state index in [4.69, 9.17) is 23.2 Å². The number of nitrogens with zero attached hydrogens (tertiary/aromatic N) is 2. The van der Waals surface area contributed by atoms with Gasteiger partial charge in [0.05, 0.1) is 5.69 Å². The van der Waals surface area contributed by atoms with E-state index in [2.05, 4.69) is 4.98 Å². The zero-order valence-electron chi connectivity index (χ0n) is 10.8. The lowest BCUT2D eigenvalue weighted by atomic mass is 10.2. The van der Waals surface area contributed by atoms with Gasteiger partial charge in [-0.2, -0.15) is 4.31 Å². The Morgan fingerprint density at radius 3 is 2.35 bits per heavy atom. The van der Waals surface area contributed by atoms with Crippen molar-refractivity contribution in [2.45, 2.75) is 17.7 Å². The minimum absolute atomic E-state index is 0.180. The van der Waals surface area contributed by atoms with Crippen LogP contribution in [0.3, 0.4) is 0 Å². The van der Waals surface area contributed by atoms with Gasteiger partial charge in [-0.3, -0.25) is 0 Å². The van der Waals surface area contributed by atoms with Crippen LogP contribution in [0.2, 0.25) is 9.49 Å². The van der Waals surface area contributed by atoms with Crippen LogP contribution in [0.4, 0.5) is 0 Å². The maximum Gasteiger partial charge on any atom is 0.254 e. The van der Waals surface area contributed by atoms with Crippen molar-refractivity contribution in [3.8, 4) is 0 Å². The first-order chi connectivity index (χ1) is 9.30. The molecule has 0 amide bonds. The molecule has 2 aromatic rings. The lowest BCUT2D eigenvalue weighted by molar-refractivity contribution is 0.468. The quantitative estimate of drug-likeness (QED) is 0.846. The van der Waals surface area contributed by atoms with Gasteiger partial charge in [0.15, 0.2) is 8.68 Å². The molecule has 0 saturated carbocycles. The smallest absolute Gasteiger partial charge is 0.229 e. The molecule has 0 bridgehead atoms. The Labute approximate surface area is 132 Å². The molecule has 20 heavy (non-hydrogen) atoms. The average Bonchev–Trinajstić information content (AvgIpc) is 2.72. The van der Waals surface area contributed by atoms with Crippen molar-refractivity contribution in [3.63, 3.8) is 0 Å². The zero-order valence-corrected chi connectivity index (χ0v) is 13.9. The summed E-state index contributed by atoms with van der Waals surface area (Å²) in [6.07, 6.45) is 0. The van der Waals surface area contributed by atoms with E-state index in [1.807, 2.05) is 0 Å². The molecule has 8 heteroatoms. The molecule has 0 radical (unpaired) electrons. The number of benzene rings is 1. The van der Waals surface area contributed by atoms with E-state index in [1.165, 1.54) is 11.4 Å². The highest BCUT2D eigenvalue weighted by molar-refractivity contribution is 7.91. The van der Waals surface area contributed by atoms with Crippen LogP contribution >= 0.6 is 34.5 Å². The molecule has 108 valence electrons. The molecular formula is C12H12Cl2N2O2S2. The Balaban J connectivity index is 2.25. The molecule has 0 saturated heterocycles. The second-order valence-corrected chi connectivity index (χ2v) is 8.49. The van der Waals surface area contributed by atoms with Gasteiger partial charge < -0.3 is 0 Å². The summed E-state index contributed by atoms with van der Waals surface area (Å²) in [5.74, 6) is 0. The molecule has 0 aliphatic rings. The van der Waals surface area contributed by atoms with Crippen molar-refractivity contribution in [1.82, 2.24) is 9.29 Å². The summed E-state index contributed by atoms with van der Waals surface area (Å²) in [5, 5.41) is 0.615. The van der Waals surface area contributed by atoms with Gasteiger partial charge >= 0.3 is 0 Å². The van der Waals surface area contributed by atoms with E-state index >= 15 is 0 Å². The van der Waals surface area contributed by atoms with Crippen LogP contribution in [0.25, 0.3) is 0 Å². The summed E-state index contributed by atoms with van der Waals surface area (Å²) >= 11 is 12.5. The maximum atomic E-state index is 12.4. The van der Waals surface area contributed by atoms with E-state index in [0.717, 1.165) is 16.9 Å². The Morgan fingerprint density at radius 1 is 1.25 bits per heavy atom. The Hall–Kier alpha value is -0.660. The predicted molar refractivity (Wildman–Crippen MR) is 82.0 cm³/mol. The third kappa shape index (κ3) is 3.32. The minimum Gasteiger partial charge on any atom is -0.229 e. The molecule has 4 nitrogen and oxygen atoms in total. The number of hydrogen-bond donors (Lipinski definition) is 0. The highest BCUT2D eigenvalue weighted by atomic mass is 35.5. The standard InChI is InChI=1S/C12H12Cl2N2O2S2/c1-8-11(19-12(14)15-8)20(17,18)16(2)7-9-3-5-10(13)6-4-9/h3-6H,7H2,1-2H3. The van der Waals surface area contributed by atoms with Gasteiger partial charge in [-0.25, -0.2) is 13.4 Å². The number of halogens is 2. The van der Waals surface area contributed by atoms with Gasteiger partial charge in [0.2, 0.25) is 0 Å². The van der Waals surface area contributed by atoms with Crippen molar-refractivity contribution in [2.24, 2.45) is 0 Å². The van der Waals surface area contributed by atoms with Gasteiger partial charge in [0.1, 0.15) is 0 Å². The van der Waals surface area contributed by atoms with Gasteiger partial charge in [0, 0.05) is 18.6 Å². The Bertz CT molecular complexity index is 712. The number of sulfonamides is 1. The molecule has 0 aliphatic carbocycles. The lowest BCUT2D eigenvalue weighted by Gasteiger charge is -2.16. The van der Waals surface area contributed by atoms with Crippen LogP contribution < -0.4 is 0 Å². The molecule has 1 aromatic carbocycles. The number of aryl methyl sites for hydroxylation is 1. The van der Waals surface area contributed by atoms with Crippen LogP contribution in [0.15, 0.2) is 28.5 Å². The molecule has 1 aromatic heterocycles. The second kappa shape index (κ2) is 5.99. The summed E-state index contributed by atoms with van der Waals surface area (Å²) in [7, 11) is -2.06. The molecule has 1 heterocycles. The van der Waals surface area contributed by atoms with Gasteiger partial charge in [-0.05, 0) is 24.6 Å². The lowest BCUT2D eigenvalue weighted by Crippen LogP contribution is -2.26. The van der Waals surface area contributed by atoms with Crippen molar-refractivity contribution in [1.29, 1.82) is 0 Å². The fourth-order valence-corrected chi connectivity index (χ4v) is 4.87. The van der Waals surface area contributed by atoms with E-state index < -0.39 is 10.0 Å². The van der Waals surface area contributed by atoms with E-state index in [9.17, 15) is 8.42 Å². The summed E-state index contributed by atoms with van der Waals surface area (Å²) in [6.45, 7) is 1.89. The second-order valence-electron chi connectivity index (χ2n) is 4.23. The topological polar surface area (TPSA) is 50.3 Å². The van der Waals surface area contributed by atoms with E-state index in [1.54, 1.807) is 31.2 Å². The highest BCUT2D eigenvalue weighted by Crippen LogP contribution is 2.29. The van der Waals surface area contributed by atoms with Crippen molar-refractivity contribution < 1.29 is 8.42 Å². The molecule has 0 fully saturated rings. The van der Waals surface area contributed by atoms with Gasteiger partial charge in [-0.1, -0.05) is 46.7 Å². The van der Waals surface area contributed by atoms with Crippen molar-refractivity contribution in [3.05, 3.63) is 45.0 Å². The summed E-state index contributed by atoms with van der Waals surface area (Å²) in [6, 6.07) is 7.04. The number of thiazole rings is 1. The number of hydrogen-bond acceptors (Lipinski definition) is 4. The van der Waals surface area contributed by atoms with Crippen LogP contribution in [-0.4, -0.2) is 24.8 Å². The van der Waals surface area contributed by atoms with Crippen molar-refractivity contribution >= 4 is 44.6 Å². The first-order valence-corrected chi connectivity index (χ1v) is 8.65. The molecule has 0 spiro atoms. The highest BCUT2D eigenvalue weighted by Gasteiger charge is 2.26. The summed E-state index contributed by atoms with van der Waals surface area (Å²) in [4.78, 5) is 3.94. The fraction of sp³-hybridized carbons (Fsp3) is 0.250. The molecule has 0 unspecified atom stereocenters. The fourth-order valence-electron chi connectivity index (χ4n) is 1.66. The summed E-state index contributed by atoms with van der Waals surface area (Å²) < 4.78 is 26.6.